The average Bonchev–Trinajstić information content (AvgIpc) is 2.55. The molecule has 2 amide bonds. The number of sulfonamides is 1. The van der Waals surface area contributed by atoms with Crippen LogP contribution < -0.4 is 5.32 Å². The van der Waals surface area contributed by atoms with Crippen molar-refractivity contribution in [2.45, 2.75) is 31.1 Å². The normalized spacial score (nSPS) is 19.0. The van der Waals surface area contributed by atoms with Gasteiger partial charge in [-0.25, -0.2) is 17.5 Å². The van der Waals surface area contributed by atoms with Gasteiger partial charge in [-0.3, -0.25) is 0 Å². The maximum absolute atomic E-state index is 12.5. The third kappa shape index (κ3) is 4.03. The van der Waals surface area contributed by atoms with Gasteiger partial charge in [0.15, 0.2) is 0 Å². The van der Waals surface area contributed by atoms with Gasteiger partial charge in [-0.1, -0.05) is 25.5 Å². The molecule has 1 N–H and O–H groups in total. The minimum Gasteiger partial charge on any atom is -0.324 e. The minimum absolute atomic E-state index is 0.113. The number of anilines is 1. The van der Waals surface area contributed by atoms with Crippen molar-refractivity contribution in [3.63, 3.8) is 0 Å². The quantitative estimate of drug-likeness (QED) is 0.916. The van der Waals surface area contributed by atoms with E-state index in [-0.39, 0.29) is 10.9 Å². The molecule has 0 spiro atoms. The van der Waals surface area contributed by atoms with E-state index in [4.69, 9.17) is 0 Å². The SMILES string of the molecule is CC[C@@H]1CCCN(C(=O)Nc2ccccc2S(=O)(=O)N(C)C)C1. The van der Waals surface area contributed by atoms with Crippen LogP contribution in [-0.2, 0) is 10.0 Å². The zero-order chi connectivity index (χ0) is 17.0. The zero-order valence-electron chi connectivity index (χ0n) is 13.9. The number of hydrogen-bond acceptors (Lipinski definition) is 3. The average molecular weight is 339 g/mol. The van der Waals surface area contributed by atoms with E-state index in [1.165, 1.54) is 20.2 Å². The van der Waals surface area contributed by atoms with Crippen LogP contribution in [0.3, 0.4) is 0 Å². The van der Waals surface area contributed by atoms with Gasteiger partial charge in [0.1, 0.15) is 4.90 Å². The summed E-state index contributed by atoms with van der Waals surface area (Å²) in [5.74, 6) is 0.523. The monoisotopic (exact) mass is 339 g/mol. The summed E-state index contributed by atoms with van der Waals surface area (Å²) in [6.45, 7) is 3.57. The number of carbonyl (C=O) groups is 1. The molecule has 1 aromatic carbocycles. The maximum Gasteiger partial charge on any atom is 0.321 e. The highest BCUT2D eigenvalue weighted by molar-refractivity contribution is 7.89. The molecule has 0 aliphatic carbocycles. The fraction of sp³-hybridized carbons (Fsp3) is 0.562. The van der Waals surface area contributed by atoms with Crippen LogP contribution in [-0.4, -0.2) is 50.8 Å². The molecule has 6 nitrogen and oxygen atoms in total. The second kappa shape index (κ2) is 7.31. The molecule has 0 unspecified atom stereocenters. The number of rotatable bonds is 4. The Morgan fingerprint density at radius 1 is 1.35 bits per heavy atom. The lowest BCUT2D eigenvalue weighted by molar-refractivity contribution is 0.176. The lowest BCUT2D eigenvalue weighted by Crippen LogP contribution is -2.42. The fourth-order valence-electron chi connectivity index (χ4n) is 2.77. The molecule has 0 bridgehead atoms. The number of urea groups is 1. The number of amides is 2. The summed E-state index contributed by atoms with van der Waals surface area (Å²) in [6, 6.07) is 6.27. The number of nitrogens with zero attached hydrogens (tertiary/aromatic N) is 2. The maximum atomic E-state index is 12.5. The van der Waals surface area contributed by atoms with Crippen molar-refractivity contribution in [3.8, 4) is 0 Å². The summed E-state index contributed by atoms with van der Waals surface area (Å²) in [5, 5.41) is 2.77. The fourth-order valence-corrected chi connectivity index (χ4v) is 3.81. The third-order valence-electron chi connectivity index (χ3n) is 4.27. The third-order valence-corrected chi connectivity index (χ3v) is 6.14. The number of benzene rings is 1. The Balaban J connectivity index is 2.19. The number of piperidine rings is 1. The second-order valence-electron chi connectivity index (χ2n) is 6.08. The summed E-state index contributed by atoms with van der Waals surface area (Å²) in [7, 11) is -0.646. The van der Waals surface area contributed by atoms with E-state index < -0.39 is 10.0 Å². The largest absolute Gasteiger partial charge is 0.324 e. The summed E-state index contributed by atoms with van der Waals surface area (Å²) < 4.78 is 25.9. The molecular weight excluding hydrogens is 314 g/mol. The number of hydrogen-bond donors (Lipinski definition) is 1. The van der Waals surface area contributed by atoms with Crippen molar-refractivity contribution in [1.29, 1.82) is 0 Å². The first-order valence-electron chi connectivity index (χ1n) is 7.93. The van der Waals surface area contributed by atoms with Gasteiger partial charge in [-0.05, 0) is 30.9 Å². The highest BCUT2D eigenvalue weighted by atomic mass is 32.2. The van der Waals surface area contributed by atoms with Gasteiger partial charge in [0.2, 0.25) is 10.0 Å². The molecule has 23 heavy (non-hydrogen) atoms. The first-order valence-corrected chi connectivity index (χ1v) is 9.37. The minimum atomic E-state index is -3.60. The Labute approximate surface area is 138 Å². The first kappa shape index (κ1) is 17.7. The van der Waals surface area contributed by atoms with Crippen molar-refractivity contribution < 1.29 is 13.2 Å². The van der Waals surface area contributed by atoms with E-state index in [0.717, 1.165) is 30.1 Å². The van der Waals surface area contributed by atoms with Gasteiger partial charge in [-0.2, -0.15) is 0 Å². The number of nitrogens with one attached hydrogen (secondary N) is 1. The van der Waals surface area contributed by atoms with Gasteiger partial charge >= 0.3 is 6.03 Å². The standard InChI is InChI=1S/C16H25N3O3S/c1-4-13-8-7-11-19(12-13)16(20)17-14-9-5-6-10-15(14)23(21,22)18(2)3/h5-6,9-10,13H,4,7-8,11-12H2,1-3H3,(H,17,20)/t13-/m1/s1. The predicted molar refractivity (Wildman–Crippen MR) is 90.9 cm³/mol. The number of para-hydroxylation sites is 1. The Morgan fingerprint density at radius 3 is 2.70 bits per heavy atom. The molecule has 0 saturated carbocycles. The van der Waals surface area contributed by atoms with E-state index in [2.05, 4.69) is 12.2 Å². The smallest absolute Gasteiger partial charge is 0.321 e. The molecule has 1 saturated heterocycles. The molecule has 1 atom stereocenters. The Hall–Kier alpha value is -1.60. The second-order valence-corrected chi connectivity index (χ2v) is 8.20. The van der Waals surface area contributed by atoms with Crippen LogP contribution in [0.25, 0.3) is 0 Å². The van der Waals surface area contributed by atoms with E-state index in [1.807, 2.05) is 0 Å². The molecule has 1 aliphatic rings. The van der Waals surface area contributed by atoms with E-state index >= 15 is 0 Å². The molecule has 1 aliphatic heterocycles. The topological polar surface area (TPSA) is 69.7 Å². The molecule has 0 aromatic heterocycles. The van der Waals surface area contributed by atoms with Crippen molar-refractivity contribution in [2.75, 3.05) is 32.5 Å². The van der Waals surface area contributed by atoms with Gasteiger partial charge in [0, 0.05) is 27.2 Å². The van der Waals surface area contributed by atoms with Gasteiger partial charge < -0.3 is 10.2 Å². The van der Waals surface area contributed by atoms with E-state index in [1.54, 1.807) is 23.1 Å². The molecule has 7 heteroatoms. The van der Waals surface area contributed by atoms with Crippen molar-refractivity contribution in [1.82, 2.24) is 9.21 Å². The lowest BCUT2D eigenvalue weighted by Gasteiger charge is -2.32. The number of likely N-dealkylation sites (tertiary alicyclic amines) is 1. The highest BCUT2D eigenvalue weighted by Crippen LogP contribution is 2.25. The van der Waals surface area contributed by atoms with E-state index in [0.29, 0.717) is 18.2 Å². The van der Waals surface area contributed by atoms with Crippen LogP contribution in [0.5, 0.6) is 0 Å². The zero-order valence-corrected chi connectivity index (χ0v) is 14.8. The van der Waals surface area contributed by atoms with Crippen LogP contribution in [0.2, 0.25) is 0 Å². The Kier molecular flexibility index (Phi) is 5.64. The Morgan fingerprint density at radius 2 is 2.04 bits per heavy atom. The lowest BCUT2D eigenvalue weighted by atomic mass is 9.96. The van der Waals surface area contributed by atoms with Gasteiger partial charge in [0.05, 0.1) is 5.69 Å². The molecule has 128 valence electrons. The molecular formula is C16H25N3O3S. The molecule has 1 heterocycles. The summed E-state index contributed by atoms with van der Waals surface area (Å²) in [6.07, 6.45) is 3.19. The van der Waals surface area contributed by atoms with Crippen molar-refractivity contribution >= 4 is 21.7 Å². The number of carbonyl (C=O) groups excluding carboxylic acids is 1. The molecule has 1 aromatic rings. The van der Waals surface area contributed by atoms with Crippen molar-refractivity contribution in [2.24, 2.45) is 5.92 Å². The predicted octanol–water partition coefficient (Wildman–Crippen LogP) is 2.59. The first-order chi connectivity index (χ1) is 10.9. The molecule has 2 rings (SSSR count). The van der Waals surface area contributed by atoms with Crippen LogP contribution >= 0.6 is 0 Å². The van der Waals surface area contributed by atoms with Crippen LogP contribution in [0.1, 0.15) is 26.2 Å². The van der Waals surface area contributed by atoms with Crippen LogP contribution in [0.4, 0.5) is 10.5 Å². The van der Waals surface area contributed by atoms with Gasteiger partial charge in [0.25, 0.3) is 0 Å². The summed E-state index contributed by atoms with van der Waals surface area (Å²) >= 11 is 0. The summed E-state index contributed by atoms with van der Waals surface area (Å²) in [5.41, 5.74) is 0.324. The van der Waals surface area contributed by atoms with E-state index in [9.17, 15) is 13.2 Å². The highest BCUT2D eigenvalue weighted by Gasteiger charge is 2.25. The van der Waals surface area contributed by atoms with Crippen LogP contribution in [0, 0.1) is 5.92 Å². The molecule has 0 radical (unpaired) electrons. The van der Waals surface area contributed by atoms with Crippen molar-refractivity contribution in [3.05, 3.63) is 24.3 Å². The summed E-state index contributed by atoms with van der Waals surface area (Å²) in [4.78, 5) is 14.4. The van der Waals surface area contributed by atoms with Crippen LogP contribution in [0.15, 0.2) is 29.2 Å². The molecule has 1 fully saturated rings. The van der Waals surface area contributed by atoms with Gasteiger partial charge in [-0.15, -0.1) is 0 Å². The Bertz CT molecular complexity index is 658.